The van der Waals surface area contributed by atoms with E-state index in [0.29, 0.717) is 57.5 Å². The summed E-state index contributed by atoms with van der Waals surface area (Å²) in [6.45, 7) is 3.84. The first kappa shape index (κ1) is 25.9. The van der Waals surface area contributed by atoms with Crippen molar-refractivity contribution in [1.29, 1.82) is 0 Å². The largest absolute Gasteiger partial charge is 0.381 e. The summed E-state index contributed by atoms with van der Waals surface area (Å²) >= 11 is 6.75. The van der Waals surface area contributed by atoms with Gasteiger partial charge in [0.15, 0.2) is 0 Å². The van der Waals surface area contributed by atoms with E-state index in [9.17, 15) is 4.79 Å². The molecule has 1 aliphatic carbocycles. The number of nitrogens with one attached hydrogen (secondary N) is 1. The van der Waals surface area contributed by atoms with Crippen LogP contribution in [0.2, 0.25) is 5.02 Å². The molecular formula is C28H32ClN7O3. The quantitative estimate of drug-likeness (QED) is 0.349. The van der Waals surface area contributed by atoms with Gasteiger partial charge in [0, 0.05) is 65.5 Å². The fourth-order valence-electron chi connectivity index (χ4n) is 5.67. The first-order chi connectivity index (χ1) is 19.0. The zero-order valence-corrected chi connectivity index (χ0v) is 22.7. The molecule has 3 aromatic heterocycles. The molecule has 4 heterocycles. The van der Waals surface area contributed by atoms with Gasteiger partial charge in [-0.2, -0.15) is 9.97 Å². The summed E-state index contributed by atoms with van der Waals surface area (Å²) in [7, 11) is 0. The molecule has 1 aliphatic heterocycles. The number of ether oxygens (including phenoxy) is 1. The molecule has 10 nitrogen and oxygen atoms in total. The van der Waals surface area contributed by atoms with Crippen molar-refractivity contribution in [3.05, 3.63) is 51.7 Å². The molecule has 0 bridgehead atoms. The molecule has 0 atom stereocenters. The summed E-state index contributed by atoms with van der Waals surface area (Å²) < 4.78 is 12.4. The van der Waals surface area contributed by atoms with E-state index < -0.39 is 0 Å². The first-order valence-electron chi connectivity index (χ1n) is 13.6. The van der Waals surface area contributed by atoms with Gasteiger partial charge in [0.25, 0.3) is 5.56 Å². The number of nitrogens with two attached hydrogens (primary N) is 1. The smallest absolute Gasteiger partial charge is 0.260 e. The number of nitrogens with zero attached hydrogens (tertiary/aromatic N) is 5. The number of fused-ring (bicyclic) bond motifs is 1. The Hall–Kier alpha value is -3.34. The van der Waals surface area contributed by atoms with Crippen LogP contribution in [0.3, 0.4) is 0 Å². The lowest BCUT2D eigenvalue weighted by Crippen LogP contribution is -2.32. The van der Waals surface area contributed by atoms with Crippen LogP contribution in [0, 0.1) is 12.8 Å². The Kier molecular flexibility index (Phi) is 7.33. The minimum absolute atomic E-state index is 0.0222. The Morgan fingerprint density at radius 1 is 1.08 bits per heavy atom. The fraction of sp³-hybridized carbons (Fsp3) is 0.464. The van der Waals surface area contributed by atoms with Gasteiger partial charge in [0.1, 0.15) is 5.65 Å². The first-order valence-corrected chi connectivity index (χ1v) is 13.9. The number of anilines is 1. The Bertz CT molecular complexity index is 1540. The highest BCUT2D eigenvalue weighted by Crippen LogP contribution is 2.35. The van der Waals surface area contributed by atoms with Crippen molar-refractivity contribution in [2.45, 2.75) is 57.5 Å². The number of halogens is 1. The van der Waals surface area contributed by atoms with Crippen molar-refractivity contribution < 1.29 is 9.26 Å². The normalized spacial score (nSPS) is 20.4. The Balaban J connectivity index is 1.43. The van der Waals surface area contributed by atoms with Crippen molar-refractivity contribution in [2.75, 3.05) is 25.1 Å². The molecule has 0 amide bonds. The van der Waals surface area contributed by atoms with Gasteiger partial charge in [-0.25, -0.2) is 4.98 Å². The lowest BCUT2D eigenvalue weighted by molar-refractivity contribution is 0.0903. The standard InChI is InChI=1S/C28H32ClN7O3/c1-16-32-25(35-39-16)18-4-7-22(24(29)13-18)23-12-19-15-31-28(33-20-8-10-38-11-9-20)34-26(19)36(27(23)37)21-5-2-17(14-30)3-6-21/h4,7,12-13,15,17,20-21H,2-3,5-6,8-11,14,30H2,1H3,(H,31,33,34). The van der Waals surface area contributed by atoms with E-state index in [2.05, 4.69) is 20.4 Å². The molecule has 1 saturated heterocycles. The van der Waals surface area contributed by atoms with Crippen LogP contribution in [0.25, 0.3) is 33.5 Å². The second-order valence-corrected chi connectivity index (χ2v) is 10.9. The van der Waals surface area contributed by atoms with Crippen molar-refractivity contribution in [1.82, 2.24) is 24.7 Å². The Morgan fingerprint density at radius 2 is 1.87 bits per heavy atom. The molecule has 204 valence electrons. The van der Waals surface area contributed by atoms with Gasteiger partial charge in [0.05, 0.1) is 0 Å². The van der Waals surface area contributed by atoms with E-state index in [1.54, 1.807) is 19.2 Å². The van der Waals surface area contributed by atoms with Gasteiger partial charge in [0.2, 0.25) is 17.7 Å². The molecule has 0 spiro atoms. The maximum atomic E-state index is 14.2. The van der Waals surface area contributed by atoms with Crippen LogP contribution in [0.1, 0.15) is 50.5 Å². The average Bonchev–Trinajstić information content (AvgIpc) is 3.40. The van der Waals surface area contributed by atoms with Gasteiger partial charge in [-0.1, -0.05) is 28.9 Å². The molecule has 0 unspecified atom stereocenters. The Morgan fingerprint density at radius 3 is 2.56 bits per heavy atom. The third-order valence-corrected chi connectivity index (χ3v) is 8.20. The van der Waals surface area contributed by atoms with E-state index in [1.807, 2.05) is 22.8 Å². The lowest BCUT2D eigenvalue weighted by Gasteiger charge is -2.30. The molecule has 0 radical (unpaired) electrons. The number of aryl methyl sites for hydroxylation is 1. The predicted octanol–water partition coefficient (Wildman–Crippen LogP) is 4.75. The van der Waals surface area contributed by atoms with Gasteiger partial charge >= 0.3 is 0 Å². The molecular weight excluding hydrogens is 518 g/mol. The SMILES string of the molecule is Cc1nc(-c2ccc(-c3cc4cnc(NC5CCOCC5)nc4n(C4CCC(CN)CC4)c3=O)c(Cl)c2)no1. The van der Waals surface area contributed by atoms with Crippen molar-refractivity contribution in [3.63, 3.8) is 0 Å². The maximum absolute atomic E-state index is 14.2. The van der Waals surface area contributed by atoms with Gasteiger partial charge < -0.3 is 20.3 Å². The van der Waals surface area contributed by atoms with Crippen molar-refractivity contribution >= 4 is 28.6 Å². The van der Waals surface area contributed by atoms with Crippen molar-refractivity contribution in [3.8, 4) is 22.5 Å². The minimum Gasteiger partial charge on any atom is -0.381 e. The fourth-order valence-corrected chi connectivity index (χ4v) is 5.96. The zero-order valence-electron chi connectivity index (χ0n) is 21.9. The van der Waals surface area contributed by atoms with Crippen LogP contribution < -0.4 is 16.6 Å². The molecule has 39 heavy (non-hydrogen) atoms. The minimum atomic E-state index is -0.112. The third-order valence-electron chi connectivity index (χ3n) is 7.89. The van der Waals surface area contributed by atoms with Gasteiger partial charge in [-0.3, -0.25) is 9.36 Å². The average molecular weight is 550 g/mol. The van der Waals surface area contributed by atoms with E-state index in [1.165, 1.54) is 0 Å². The number of rotatable bonds is 6. The van der Waals surface area contributed by atoms with Crippen LogP contribution >= 0.6 is 11.6 Å². The molecule has 2 fully saturated rings. The summed E-state index contributed by atoms with van der Waals surface area (Å²) in [5.41, 5.74) is 8.35. The second kappa shape index (κ2) is 11.0. The number of benzene rings is 1. The van der Waals surface area contributed by atoms with Crippen molar-refractivity contribution in [2.24, 2.45) is 11.7 Å². The van der Waals surface area contributed by atoms with Crippen LogP contribution in [0.4, 0.5) is 5.95 Å². The van der Waals surface area contributed by atoms with E-state index in [4.69, 9.17) is 31.6 Å². The van der Waals surface area contributed by atoms with E-state index in [-0.39, 0.29) is 17.6 Å². The maximum Gasteiger partial charge on any atom is 0.260 e. The summed E-state index contributed by atoms with van der Waals surface area (Å²) in [6, 6.07) is 7.56. The number of aromatic nitrogens is 5. The summed E-state index contributed by atoms with van der Waals surface area (Å²) in [5.74, 6) is 1.94. The molecule has 4 aromatic rings. The summed E-state index contributed by atoms with van der Waals surface area (Å²) in [6.07, 6.45) is 7.30. The summed E-state index contributed by atoms with van der Waals surface area (Å²) in [5, 5.41) is 8.64. The number of pyridine rings is 1. The topological polar surface area (TPSA) is 134 Å². The van der Waals surface area contributed by atoms with Crippen LogP contribution in [-0.2, 0) is 4.74 Å². The molecule has 2 aliphatic rings. The summed E-state index contributed by atoms with van der Waals surface area (Å²) in [4.78, 5) is 27.9. The van der Waals surface area contributed by atoms with Crippen LogP contribution in [0.15, 0.2) is 39.8 Å². The third kappa shape index (κ3) is 5.28. The highest BCUT2D eigenvalue weighted by Gasteiger charge is 2.26. The monoisotopic (exact) mass is 549 g/mol. The molecule has 11 heteroatoms. The Labute approximate surface area is 230 Å². The molecule has 3 N–H and O–H groups in total. The van der Waals surface area contributed by atoms with Gasteiger partial charge in [-0.05, 0) is 63.1 Å². The van der Waals surface area contributed by atoms with E-state index in [0.717, 1.165) is 57.1 Å². The van der Waals surface area contributed by atoms with E-state index >= 15 is 0 Å². The number of hydrogen-bond donors (Lipinski definition) is 2. The zero-order chi connectivity index (χ0) is 26.9. The second-order valence-electron chi connectivity index (χ2n) is 10.5. The predicted molar refractivity (Wildman–Crippen MR) is 150 cm³/mol. The molecule has 1 saturated carbocycles. The highest BCUT2D eigenvalue weighted by molar-refractivity contribution is 6.33. The number of hydrogen-bond acceptors (Lipinski definition) is 9. The molecule has 6 rings (SSSR count). The lowest BCUT2D eigenvalue weighted by atomic mass is 9.86. The highest BCUT2D eigenvalue weighted by atomic mass is 35.5. The van der Waals surface area contributed by atoms with Crippen LogP contribution in [-0.4, -0.2) is 50.5 Å². The molecule has 1 aromatic carbocycles. The van der Waals surface area contributed by atoms with Crippen LogP contribution in [0.5, 0.6) is 0 Å². The van der Waals surface area contributed by atoms with Gasteiger partial charge in [-0.15, -0.1) is 0 Å².